The van der Waals surface area contributed by atoms with Crippen molar-refractivity contribution in [1.82, 2.24) is 10.2 Å². The van der Waals surface area contributed by atoms with E-state index in [2.05, 4.69) is 5.32 Å². The number of carboxylic acid groups (broad SMARTS) is 1. The predicted octanol–water partition coefficient (Wildman–Crippen LogP) is 3.30. The monoisotopic (exact) mass is 312 g/mol. The molecule has 0 aromatic heterocycles. The van der Waals surface area contributed by atoms with Crippen LogP contribution in [0.25, 0.3) is 0 Å². The van der Waals surface area contributed by atoms with E-state index in [1.807, 2.05) is 26.0 Å². The molecule has 0 saturated carbocycles. The highest BCUT2D eigenvalue weighted by molar-refractivity contribution is 6.30. The van der Waals surface area contributed by atoms with Gasteiger partial charge in [-0.15, -0.1) is 0 Å². The van der Waals surface area contributed by atoms with Crippen LogP contribution in [0.2, 0.25) is 5.02 Å². The first-order valence-corrected chi connectivity index (χ1v) is 7.27. The number of halogens is 1. The van der Waals surface area contributed by atoms with Gasteiger partial charge < -0.3 is 15.3 Å². The summed E-state index contributed by atoms with van der Waals surface area (Å²) in [7, 11) is 0. The first-order valence-electron chi connectivity index (χ1n) is 6.89. The van der Waals surface area contributed by atoms with Gasteiger partial charge in [-0.3, -0.25) is 4.79 Å². The lowest BCUT2D eigenvalue weighted by atomic mass is 10.1. The highest BCUT2D eigenvalue weighted by atomic mass is 35.5. The lowest BCUT2D eigenvalue weighted by molar-refractivity contribution is -0.138. The van der Waals surface area contributed by atoms with Gasteiger partial charge in [0.15, 0.2) is 0 Å². The van der Waals surface area contributed by atoms with E-state index in [-0.39, 0.29) is 24.5 Å². The third-order valence-corrected chi connectivity index (χ3v) is 3.57. The van der Waals surface area contributed by atoms with Crippen molar-refractivity contribution in [2.45, 2.75) is 39.3 Å². The van der Waals surface area contributed by atoms with Gasteiger partial charge in [0, 0.05) is 17.6 Å². The van der Waals surface area contributed by atoms with Crippen molar-refractivity contribution in [3.63, 3.8) is 0 Å². The molecule has 1 aromatic rings. The summed E-state index contributed by atoms with van der Waals surface area (Å²) in [4.78, 5) is 24.5. The number of nitrogens with zero attached hydrogens (tertiary/aromatic N) is 1. The van der Waals surface area contributed by atoms with Gasteiger partial charge in [0.25, 0.3) is 0 Å². The van der Waals surface area contributed by atoms with Gasteiger partial charge in [0.05, 0.1) is 12.5 Å². The Balaban J connectivity index is 2.68. The van der Waals surface area contributed by atoms with E-state index in [1.165, 1.54) is 4.90 Å². The second-order valence-electron chi connectivity index (χ2n) is 4.96. The summed E-state index contributed by atoms with van der Waals surface area (Å²) in [6.45, 7) is 5.87. The molecule has 5 nitrogen and oxygen atoms in total. The van der Waals surface area contributed by atoms with E-state index in [0.29, 0.717) is 11.6 Å². The Kier molecular flexibility index (Phi) is 6.49. The fourth-order valence-corrected chi connectivity index (χ4v) is 2.25. The minimum absolute atomic E-state index is 0.0728. The third kappa shape index (κ3) is 5.27. The molecule has 1 aromatic carbocycles. The summed E-state index contributed by atoms with van der Waals surface area (Å²) in [6.07, 6.45) is -0.0728. The van der Waals surface area contributed by atoms with Crippen LogP contribution in [0.3, 0.4) is 0 Å². The molecule has 1 rings (SSSR count). The molecule has 0 heterocycles. The minimum atomic E-state index is -0.917. The van der Waals surface area contributed by atoms with Gasteiger partial charge in [-0.25, -0.2) is 4.79 Å². The molecule has 2 amide bonds. The Hall–Kier alpha value is -1.75. The zero-order valence-corrected chi connectivity index (χ0v) is 13.2. The predicted molar refractivity (Wildman–Crippen MR) is 82.5 cm³/mol. The topological polar surface area (TPSA) is 69.6 Å². The van der Waals surface area contributed by atoms with Crippen LogP contribution >= 0.6 is 11.6 Å². The molecule has 0 saturated heterocycles. The molecule has 2 unspecified atom stereocenters. The minimum Gasteiger partial charge on any atom is -0.481 e. The quantitative estimate of drug-likeness (QED) is 0.846. The Morgan fingerprint density at radius 2 is 1.86 bits per heavy atom. The molecule has 0 bridgehead atoms. The number of aliphatic carboxylic acids is 1. The summed E-state index contributed by atoms with van der Waals surface area (Å²) in [5.74, 6) is -0.917. The summed E-state index contributed by atoms with van der Waals surface area (Å²) in [6, 6.07) is 6.43. The maximum absolute atomic E-state index is 12.2. The highest BCUT2D eigenvalue weighted by Gasteiger charge is 2.22. The molecule has 0 spiro atoms. The second kappa shape index (κ2) is 7.88. The van der Waals surface area contributed by atoms with Gasteiger partial charge in [0.1, 0.15) is 0 Å². The average molecular weight is 313 g/mol. The first kappa shape index (κ1) is 17.3. The van der Waals surface area contributed by atoms with Crippen molar-refractivity contribution >= 4 is 23.6 Å². The molecular formula is C15H21ClN2O3. The normalized spacial score (nSPS) is 13.3. The maximum atomic E-state index is 12.2. The van der Waals surface area contributed by atoms with E-state index in [4.69, 9.17) is 16.7 Å². The number of carboxylic acids is 1. The Morgan fingerprint density at radius 3 is 2.33 bits per heavy atom. The van der Waals surface area contributed by atoms with E-state index < -0.39 is 5.97 Å². The molecule has 21 heavy (non-hydrogen) atoms. The van der Waals surface area contributed by atoms with Crippen LogP contribution < -0.4 is 5.32 Å². The molecule has 0 aliphatic heterocycles. The van der Waals surface area contributed by atoms with Crippen LogP contribution in [-0.2, 0) is 4.79 Å². The van der Waals surface area contributed by atoms with Crippen LogP contribution in [0, 0.1) is 0 Å². The Bertz CT molecular complexity index is 490. The number of benzene rings is 1. The fourth-order valence-electron chi connectivity index (χ4n) is 2.12. The van der Waals surface area contributed by atoms with Crippen LogP contribution in [0.15, 0.2) is 24.3 Å². The summed E-state index contributed by atoms with van der Waals surface area (Å²) >= 11 is 5.83. The molecular weight excluding hydrogens is 292 g/mol. The van der Waals surface area contributed by atoms with Crippen molar-refractivity contribution in [3.8, 4) is 0 Å². The molecule has 0 aliphatic carbocycles. The lowest BCUT2D eigenvalue weighted by Gasteiger charge is -2.29. The van der Waals surface area contributed by atoms with Gasteiger partial charge in [0.2, 0.25) is 0 Å². The molecule has 2 N–H and O–H groups in total. The lowest BCUT2D eigenvalue weighted by Crippen LogP contribution is -2.46. The van der Waals surface area contributed by atoms with Crippen LogP contribution in [0.4, 0.5) is 4.79 Å². The van der Waals surface area contributed by atoms with Crippen molar-refractivity contribution in [2.75, 3.05) is 6.54 Å². The molecule has 0 radical (unpaired) electrons. The fraction of sp³-hybridized carbons (Fsp3) is 0.467. The Labute approximate surface area is 129 Å². The standard InChI is InChI=1S/C15H21ClN2O3/c1-4-18(10(2)9-14(19)20)15(21)17-11(3)12-5-7-13(16)8-6-12/h5-8,10-11H,4,9H2,1-3H3,(H,17,21)(H,19,20). The van der Waals surface area contributed by atoms with E-state index >= 15 is 0 Å². The van der Waals surface area contributed by atoms with Crippen molar-refractivity contribution in [1.29, 1.82) is 0 Å². The number of carbonyl (C=O) groups excluding carboxylic acids is 1. The van der Waals surface area contributed by atoms with Crippen LogP contribution in [0.5, 0.6) is 0 Å². The first-order chi connectivity index (χ1) is 9.85. The summed E-state index contributed by atoms with van der Waals surface area (Å²) in [5, 5.41) is 12.3. The number of amides is 2. The molecule has 0 aliphatic rings. The summed E-state index contributed by atoms with van der Waals surface area (Å²) in [5.41, 5.74) is 0.940. The van der Waals surface area contributed by atoms with Gasteiger partial charge >= 0.3 is 12.0 Å². The molecule has 6 heteroatoms. The SMILES string of the molecule is CCN(C(=O)NC(C)c1ccc(Cl)cc1)C(C)CC(=O)O. The van der Waals surface area contributed by atoms with Gasteiger partial charge in [-0.1, -0.05) is 23.7 Å². The number of rotatable bonds is 6. The third-order valence-electron chi connectivity index (χ3n) is 3.31. The van der Waals surface area contributed by atoms with Gasteiger partial charge in [-0.2, -0.15) is 0 Å². The molecule has 116 valence electrons. The average Bonchev–Trinajstić information content (AvgIpc) is 2.39. The van der Waals surface area contributed by atoms with Gasteiger partial charge in [-0.05, 0) is 38.5 Å². The molecule has 2 atom stereocenters. The number of carbonyl (C=O) groups is 2. The second-order valence-corrected chi connectivity index (χ2v) is 5.39. The van der Waals surface area contributed by atoms with Crippen LogP contribution in [-0.4, -0.2) is 34.6 Å². The number of nitrogens with one attached hydrogen (secondary N) is 1. The van der Waals surface area contributed by atoms with Crippen molar-refractivity contribution in [2.24, 2.45) is 0 Å². The summed E-state index contributed by atoms with van der Waals surface area (Å²) < 4.78 is 0. The van der Waals surface area contributed by atoms with Crippen LogP contribution in [0.1, 0.15) is 38.8 Å². The number of hydrogen-bond acceptors (Lipinski definition) is 2. The zero-order valence-electron chi connectivity index (χ0n) is 12.5. The highest BCUT2D eigenvalue weighted by Crippen LogP contribution is 2.16. The van der Waals surface area contributed by atoms with E-state index in [1.54, 1.807) is 19.1 Å². The number of urea groups is 1. The van der Waals surface area contributed by atoms with Crippen molar-refractivity contribution in [3.05, 3.63) is 34.9 Å². The van der Waals surface area contributed by atoms with Crippen molar-refractivity contribution < 1.29 is 14.7 Å². The maximum Gasteiger partial charge on any atom is 0.318 e. The largest absolute Gasteiger partial charge is 0.481 e. The Morgan fingerprint density at radius 1 is 1.29 bits per heavy atom. The zero-order chi connectivity index (χ0) is 16.0. The number of hydrogen-bond donors (Lipinski definition) is 2. The van der Waals surface area contributed by atoms with E-state index in [9.17, 15) is 9.59 Å². The van der Waals surface area contributed by atoms with E-state index in [0.717, 1.165) is 5.56 Å². The molecule has 0 fully saturated rings. The smallest absolute Gasteiger partial charge is 0.318 e.